The molecule has 0 amide bonds. The van der Waals surface area contributed by atoms with E-state index >= 15 is 0 Å². The van der Waals surface area contributed by atoms with E-state index in [4.69, 9.17) is 0 Å². The molecule has 580 valence electrons. The number of aryl methyl sites for hydroxylation is 2. The number of hydrogen-bond acceptors (Lipinski definition) is 0. The van der Waals surface area contributed by atoms with Crippen molar-refractivity contribution >= 4 is 144 Å². The van der Waals surface area contributed by atoms with E-state index in [2.05, 4.69) is 499 Å². The average molecular weight is 2080 g/mol. The molecule has 20 rings (SSSR count). The first-order valence-corrected chi connectivity index (χ1v) is 49.8. The molecule has 0 N–H and O–H groups in total. The van der Waals surface area contributed by atoms with E-state index in [-0.39, 0.29) is 73.0 Å². The van der Waals surface area contributed by atoms with Crippen LogP contribution in [0, 0.1) is 13.8 Å². The molecule has 0 fully saturated rings. The van der Waals surface area contributed by atoms with Crippen LogP contribution in [-0.2, 0) is 42.1 Å². The van der Waals surface area contributed by atoms with Gasteiger partial charge < -0.3 is 0 Å². The van der Waals surface area contributed by atoms with Crippen molar-refractivity contribution in [2.45, 2.75) is 13.8 Å². The van der Waals surface area contributed by atoms with Crippen molar-refractivity contribution in [1.82, 2.24) is 0 Å². The summed E-state index contributed by atoms with van der Waals surface area (Å²) in [6.07, 6.45) is 0. The Kier molecular flexibility index (Phi) is 37.3. The van der Waals surface area contributed by atoms with Crippen LogP contribution in [0.15, 0.2) is 522 Å². The molecule has 0 aliphatic carbocycles. The molecule has 8 heteroatoms. The van der Waals surface area contributed by atoms with E-state index in [9.17, 15) is 0 Å². The van der Waals surface area contributed by atoms with Crippen LogP contribution in [0.3, 0.4) is 0 Å². The maximum atomic E-state index is 2.27. The predicted octanol–water partition coefficient (Wildman–Crippen LogP) is 19.3. The topological polar surface area (TPSA) is 0 Å². The number of hydrogen-bond donors (Lipinski definition) is 0. The van der Waals surface area contributed by atoms with Gasteiger partial charge in [-0.3, -0.25) is 0 Å². The predicted molar refractivity (Wildman–Crippen MR) is 522 cm³/mol. The molecular weight excluding hydrogens is 1980 g/mol. The van der Waals surface area contributed by atoms with Gasteiger partial charge in [0.1, 0.15) is 63.7 Å². The summed E-state index contributed by atoms with van der Waals surface area (Å²) in [5, 5.41) is 17.2. The number of benzene rings is 18. The molecule has 118 heavy (non-hydrogen) atoms. The van der Waals surface area contributed by atoms with Gasteiger partial charge in [0, 0.05) is 42.1 Å². The summed E-state index contributed by atoms with van der Waals surface area (Å²) in [4.78, 5) is 0. The van der Waals surface area contributed by atoms with Gasteiger partial charge in [0.05, 0.1) is 31.7 Å². The van der Waals surface area contributed by atoms with Crippen LogP contribution in [0.2, 0.25) is 0 Å². The molecule has 0 saturated carbocycles. The second-order valence-corrected chi connectivity index (χ2v) is 43.1. The van der Waals surface area contributed by atoms with Gasteiger partial charge in [0.15, 0.2) is 0 Å². The second-order valence-electron chi connectivity index (χ2n) is 27.6. The van der Waals surface area contributed by atoms with Crippen LogP contribution in [0.4, 0.5) is 0 Å². The summed E-state index contributed by atoms with van der Waals surface area (Å²) in [6, 6.07) is 186. The monoisotopic (exact) mass is 2080 g/mol. The fourth-order valence-electron chi connectivity index (χ4n) is 13.9. The molecule has 0 aromatic heterocycles. The first-order valence-electron chi connectivity index (χ1n) is 39.6. The van der Waals surface area contributed by atoms with E-state index in [0.29, 0.717) is 0 Å². The van der Waals surface area contributed by atoms with E-state index in [1.54, 1.807) is 17.6 Å². The van der Waals surface area contributed by atoms with Crippen molar-refractivity contribution in [3.05, 3.63) is 533 Å². The van der Waals surface area contributed by atoms with Gasteiger partial charge in [-0.1, -0.05) is 290 Å². The zero-order valence-corrected chi connectivity index (χ0v) is 79.0. The van der Waals surface area contributed by atoms with Crippen LogP contribution in [0.5, 0.6) is 0 Å². The van der Waals surface area contributed by atoms with Crippen molar-refractivity contribution in [1.29, 1.82) is 0 Å². The van der Waals surface area contributed by atoms with Gasteiger partial charge in [-0.2, -0.15) is 0 Å². The van der Waals surface area contributed by atoms with Gasteiger partial charge in [-0.15, -0.1) is 0 Å². The van der Waals surface area contributed by atoms with Crippen molar-refractivity contribution in [2.75, 3.05) is 0 Å². The first kappa shape index (κ1) is 88.9. The standard InChI is InChI=1S/4C18H15P.2C12H8Ge.2C7H8.2Pt/c4*1-4-10-16(11-5-1)19(17-12-6-2-7-13-17)18-14-8-3-9-15-18;2*1-3-7-11-9(5-1)10-6-2-4-8-12(10)13-11;2*1-7-5-3-2-4-6-7;;/h4*1-15H;2*1-8H;2*2-6H,1H3;;/p+4. The van der Waals surface area contributed by atoms with Gasteiger partial charge >= 0.3 is 168 Å². The summed E-state index contributed by atoms with van der Waals surface area (Å²) < 4.78 is 6.35. The molecule has 18 aromatic carbocycles. The van der Waals surface area contributed by atoms with E-state index in [1.807, 2.05) is 36.4 Å². The number of rotatable bonds is 12. The molecule has 0 saturated heterocycles. The summed E-state index contributed by atoms with van der Waals surface area (Å²) in [5.41, 5.74) is 8.53. The quantitative estimate of drug-likeness (QED) is 0.0845. The molecule has 2 aliphatic rings. The third kappa shape index (κ3) is 26.6. The van der Waals surface area contributed by atoms with E-state index in [0.717, 1.165) is 0 Å². The summed E-state index contributed by atoms with van der Waals surface area (Å²) in [5.74, 6) is 0. The fourth-order valence-corrected chi connectivity index (χ4v) is 29.9. The Morgan fingerprint density at radius 1 is 0.127 bits per heavy atom. The third-order valence-electron chi connectivity index (χ3n) is 19.5. The van der Waals surface area contributed by atoms with Crippen molar-refractivity contribution < 1.29 is 42.1 Å². The molecular formula is C110H96Ge2P4Pt2+4. The van der Waals surface area contributed by atoms with Gasteiger partial charge in [0.2, 0.25) is 0 Å². The Morgan fingerprint density at radius 3 is 0.339 bits per heavy atom. The Labute approximate surface area is 747 Å². The van der Waals surface area contributed by atoms with Crippen molar-refractivity contribution in [2.24, 2.45) is 0 Å². The second kappa shape index (κ2) is 49.5. The van der Waals surface area contributed by atoms with Crippen LogP contribution < -0.4 is 81.2 Å². The molecule has 18 aromatic rings. The van der Waals surface area contributed by atoms with Crippen molar-refractivity contribution in [3.63, 3.8) is 0 Å². The normalized spacial score (nSPS) is 10.6. The van der Waals surface area contributed by atoms with Crippen LogP contribution in [-0.4, -0.2) is 30.9 Å². The minimum absolute atomic E-state index is 0. The Morgan fingerprint density at radius 2 is 0.229 bits per heavy atom. The molecule has 0 unspecified atom stereocenters. The summed E-state index contributed by atoms with van der Waals surface area (Å²) in [6.45, 7) is 4.17. The molecule has 0 nitrogen and oxygen atoms in total. The molecule has 0 bridgehead atoms. The fraction of sp³-hybridized carbons (Fsp3) is 0.0182. The maximum absolute atomic E-state index is 2.27. The van der Waals surface area contributed by atoms with E-state index in [1.165, 1.54) is 97.0 Å². The number of fused-ring (bicyclic) bond motifs is 6. The van der Waals surface area contributed by atoms with Crippen LogP contribution in [0.25, 0.3) is 22.3 Å². The minimum atomic E-state index is -0.877. The molecule has 2 aliphatic heterocycles. The molecule has 4 radical (unpaired) electrons. The van der Waals surface area contributed by atoms with E-state index < -0.39 is 31.7 Å². The Bertz CT molecular complexity index is 4710. The van der Waals surface area contributed by atoms with Crippen LogP contribution >= 0.6 is 31.7 Å². The van der Waals surface area contributed by atoms with Gasteiger partial charge in [-0.25, -0.2) is 0 Å². The molecule has 0 spiro atoms. The molecule has 2 heterocycles. The summed E-state index contributed by atoms with van der Waals surface area (Å²) >= 11 is -0.0674. The van der Waals surface area contributed by atoms with Gasteiger partial charge in [0.25, 0.3) is 0 Å². The Hall–Kier alpha value is -9.86. The zero-order valence-electron chi connectivity index (χ0n) is 66.3. The first-order chi connectivity index (χ1) is 57.5. The summed E-state index contributed by atoms with van der Waals surface area (Å²) in [7, 11) is -3.51. The zero-order chi connectivity index (χ0) is 79.2. The SMILES string of the molecule is Cc1ccccc1.Cc1ccccc1.[Pt].[Pt].c1ccc([PH+](c2ccccc2)c2ccccc2)cc1.c1ccc([PH+](c2ccccc2)c2ccccc2)cc1.c1ccc([PH+](c2ccccc2)c2ccccc2)cc1.c1ccc([PH+](c2ccccc2)c2ccccc2)cc1.c1ccc2[c](c1)[Ge][c]1ccccc1-2.c1ccc2[c](c1)[Ge][c]1ccccc1-2. The average Bonchev–Trinajstić information content (AvgIpc) is 1.66. The molecule has 0 atom stereocenters. The Balaban J connectivity index is 0.000000134. The van der Waals surface area contributed by atoms with Crippen LogP contribution in [0.1, 0.15) is 11.1 Å². The van der Waals surface area contributed by atoms with Crippen molar-refractivity contribution in [3.8, 4) is 22.3 Å². The van der Waals surface area contributed by atoms with Gasteiger partial charge in [-0.05, 0) is 159 Å². The third-order valence-corrected chi connectivity index (χ3v) is 36.3.